The fraction of sp³-hybridized carbons (Fsp3) is 1.00. The molecule has 2 unspecified atom stereocenters. The monoisotopic (exact) mass is 283 g/mol. The third-order valence-corrected chi connectivity index (χ3v) is 5.34. The van der Waals surface area contributed by atoms with E-state index < -0.39 is 0 Å². The van der Waals surface area contributed by atoms with Crippen molar-refractivity contribution in [3.63, 3.8) is 0 Å². The summed E-state index contributed by atoms with van der Waals surface area (Å²) in [6.07, 6.45) is 10.5. The maximum absolute atomic E-state index is 5.92. The number of piperidine rings is 1. The van der Waals surface area contributed by atoms with Crippen LogP contribution in [0.3, 0.4) is 0 Å². The molecule has 20 heavy (non-hydrogen) atoms. The van der Waals surface area contributed by atoms with Crippen LogP contribution in [0.25, 0.3) is 0 Å². The highest BCUT2D eigenvalue weighted by atomic mass is 15.3. The number of nitrogens with zero attached hydrogens (tertiary/aromatic N) is 1. The van der Waals surface area contributed by atoms with Crippen molar-refractivity contribution in [3.05, 3.63) is 0 Å². The molecule has 0 radical (unpaired) electrons. The summed E-state index contributed by atoms with van der Waals surface area (Å²) in [5.74, 6) is 6.73. The Morgan fingerprint density at radius 2 is 1.80 bits per heavy atom. The summed E-state index contributed by atoms with van der Waals surface area (Å²) in [4.78, 5) is 2.65. The Balaban J connectivity index is 2.61. The van der Waals surface area contributed by atoms with Crippen molar-refractivity contribution in [2.75, 3.05) is 13.1 Å². The van der Waals surface area contributed by atoms with Crippen LogP contribution in [0.2, 0.25) is 0 Å². The Morgan fingerprint density at radius 3 is 2.30 bits per heavy atom. The highest BCUT2D eigenvalue weighted by molar-refractivity contribution is 4.94. The van der Waals surface area contributed by atoms with Gasteiger partial charge in [-0.15, -0.1) is 0 Å². The van der Waals surface area contributed by atoms with Crippen molar-refractivity contribution in [3.8, 4) is 0 Å². The van der Waals surface area contributed by atoms with E-state index in [1.54, 1.807) is 0 Å². The lowest BCUT2D eigenvalue weighted by molar-refractivity contribution is 0.0515. The first-order valence-corrected chi connectivity index (χ1v) is 8.77. The quantitative estimate of drug-likeness (QED) is 0.501. The van der Waals surface area contributed by atoms with E-state index in [9.17, 15) is 0 Å². The van der Waals surface area contributed by atoms with Gasteiger partial charge < -0.3 is 0 Å². The highest BCUT2D eigenvalue weighted by Gasteiger charge is 2.36. The molecule has 1 heterocycles. The van der Waals surface area contributed by atoms with Gasteiger partial charge >= 0.3 is 0 Å². The first kappa shape index (κ1) is 17.9. The Kier molecular flexibility index (Phi) is 8.08. The second-order valence-corrected chi connectivity index (χ2v) is 7.07. The third-order valence-electron chi connectivity index (χ3n) is 5.34. The molecule has 1 aliphatic rings. The number of hydrazine groups is 1. The van der Waals surface area contributed by atoms with Crippen LogP contribution in [0, 0.1) is 5.92 Å². The van der Waals surface area contributed by atoms with Crippen LogP contribution in [0.15, 0.2) is 0 Å². The van der Waals surface area contributed by atoms with Crippen LogP contribution in [-0.4, -0.2) is 29.6 Å². The molecule has 0 aromatic rings. The smallest absolute Gasteiger partial charge is 0.0392 e. The van der Waals surface area contributed by atoms with E-state index >= 15 is 0 Å². The summed E-state index contributed by atoms with van der Waals surface area (Å²) >= 11 is 0. The van der Waals surface area contributed by atoms with Crippen molar-refractivity contribution in [2.45, 2.75) is 90.6 Å². The van der Waals surface area contributed by atoms with E-state index in [0.717, 1.165) is 5.92 Å². The zero-order valence-corrected chi connectivity index (χ0v) is 14.3. The third kappa shape index (κ3) is 5.01. The lowest BCUT2D eigenvalue weighted by Crippen LogP contribution is -2.60. The van der Waals surface area contributed by atoms with E-state index in [0.29, 0.717) is 6.04 Å². The molecule has 0 spiro atoms. The average Bonchev–Trinajstić information content (AvgIpc) is 2.48. The van der Waals surface area contributed by atoms with Gasteiger partial charge in [0, 0.05) is 11.6 Å². The van der Waals surface area contributed by atoms with Crippen LogP contribution < -0.4 is 11.3 Å². The lowest BCUT2D eigenvalue weighted by atomic mass is 9.82. The SMILES string of the molecule is CCCCC(CC)CC(NN)C(C)(C)N1CCCCC1. The molecule has 0 aliphatic carbocycles. The molecule has 0 saturated carbocycles. The van der Waals surface area contributed by atoms with E-state index in [2.05, 4.69) is 38.0 Å². The number of rotatable bonds is 9. The second kappa shape index (κ2) is 9.01. The molecule has 1 saturated heterocycles. The number of likely N-dealkylation sites (tertiary alicyclic amines) is 1. The maximum atomic E-state index is 5.92. The molecule has 1 aliphatic heterocycles. The first-order valence-electron chi connectivity index (χ1n) is 8.77. The average molecular weight is 284 g/mol. The molecule has 3 heteroatoms. The summed E-state index contributed by atoms with van der Waals surface area (Å²) < 4.78 is 0. The van der Waals surface area contributed by atoms with Gasteiger partial charge in [-0.1, -0.05) is 46.0 Å². The van der Waals surface area contributed by atoms with Gasteiger partial charge in [0.15, 0.2) is 0 Å². The zero-order chi connectivity index (χ0) is 15.0. The summed E-state index contributed by atoms with van der Waals surface area (Å²) in [6, 6.07) is 0.391. The van der Waals surface area contributed by atoms with Crippen LogP contribution in [-0.2, 0) is 0 Å². The summed E-state index contributed by atoms with van der Waals surface area (Å²) in [6.45, 7) is 11.8. The van der Waals surface area contributed by atoms with E-state index in [-0.39, 0.29) is 5.54 Å². The molecule has 120 valence electrons. The molecule has 0 aromatic heterocycles. The standard InChI is InChI=1S/C17H37N3/c1-5-7-11-15(6-2)14-16(19-18)17(3,4)20-12-9-8-10-13-20/h15-16,19H,5-14,18H2,1-4H3. The number of nitrogens with two attached hydrogens (primary N) is 1. The first-order chi connectivity index (χ1) is 9.56. The molecule has 0 bridgehead atoms. The van der Waals surface area contributed by atoms with Gasteiger partial charge in [-0.3, -0.25) is 16.2 Å². The van der Waals surface area contributed by atoms with Gasteiger partial charge in [0.25, 0.3) is 0 Å². The normalized spacial score (nSPS) is 20.9. The largest absolute Gasteiger partial charge is 0.297 e. The number of hydrogen-bond acceptors (Lipinski definition) is 3. The van der Waals surface area contributed by atoms with Gasteiger partial charge in [0.2, 0.25) is 0 Å². The van der Waals surface area contributed by atoms with Crippen molar-refractivity contribution >= 4 is 0 Å². The van der Waals surface area contributed by atoms with E-state index in [1.807, 2.05) is 0 Å². The zero-order valence-electron chi connectivity index (χ0n) is 14.3. The molecule has 3 nitrogen and oxygen atoms in total. The molecular formula is C17H37N3. The molecule has 1 rings (SSSR count). The molecule has 0 aromatic carbocycles. The molecule has 3 N–H and O–H groups in total. The summed E-state index contributed by atoms with van der Waals surface area (Å²) in [5, 5.41) is 0. The summed E-state index contributed by atoms with van der Waals surface area (Å²) in [5.41, 5.74) is 3.30. The van der Waals surface area contributed by atoms with Gasteiger partial charge in [-0.05, 0) is 52.1 Å². The molecule has 0 amide bonds. The fourth-order valence-corrected chi connectivity index (χ4v) is 3.57. The van der Waals surface area contributed by atoms with Crippen molar-refractivity contribution in [2.24, 2.45) is 11.8 Å². The molecule has 1 fully saturated rings. The second-order valence-electron chi connectivity index (χ2n) is 7.07. The minimum Gasteiger partial charge on any atom is -0.297 e. The highest BCUT2D eigenvalue weighted by Crippen LogP contribution is 2.29. The van der Waals surface area contributed by atoms with Crippen LogP contribution >= 0.6 is 0 Å². The Bertz CT molecular complexity index is 247. The van der Waals surface area contributed by atoms with E-state index in [1.165, 1.54) is 64.5 Å². The lowest BCUT2D eigenvalue weighted by Gasteiger charge is -2.46. The maximum Gasteiger partial charge on any atom is 0.0392 e. The molecule has 2 atom stereocenters. The van der Waals surface area contributed by atoms with Crippen molar-refractivity contribution < 1.29 is 0 Å². The van der Waals surface area contributed by atoms with Crippen molar-refractivity contribution in [1.29, 1.82) is 0 Å². The minimum absolute atomic E-state index is 0.162. The van der Waals surface area contributed by atoms with Crippen LogP contribution in [0.5, 0.6) is 0 Å². The van der Waals surface area contributed by atoms with Gasteiger partial charge in [0.1, 0.15) is 0 Å². The molecular weight excluding hydrogens is 246 g/mol. The van der Waals surface area contributed by atoms with E-state index in [4.69, 9.17) is 5.84 Å². The topological polar surface area (TPSA) is 41.3 Å². The minimum atomic E-state index is 0.162. The Morgan fingerprint density at radius 1 is 1.15 bits per heavy atom. The van der Waals surface area contributed by atoms with Gasteiger partial charge in [-0.2, -0.15) is 0 Å². The van der Waals surface area contributed by atoms with Gasteiger partial charge in [-0.25, -0.2) is 0 Å². The Labute approximate surface area is 126 Å². The van der Waals surface area contributed by atoms with Crippen LogP contribution in [0.1, 0.15) is 79.1 Å². The number of hydrogen-bond donors (Lipinski definition) is 2. The fourth-order valence-electron chi connectivity index (χ4n) is 3.57. The van der Waals surface area contributed by atoms with Gasteiger partial charge in [0.05, 0.1) is 0 Å². The predicted octanol–water partition coefficient (Wildman–Crippen LogP) is 3.69. The van der Waals surface area contributed by atoms with Crippen LogP contribution in [0.4, 0.5) is 0 Å². The van der Waals surface area contributed by atoms with Crippen molar-refractivity contribution in [1.82, 2.24) is 10.3 Å². The Hall–Kier alpha value is -0.120. The predicted molar refractivity (Wildman–Crippen MR) is 88.5 cm³/mol. The number of unbranched alkanes of at least 4 members (excludes halogenated alkanes) is 1. The summed E-state index contributed by atoms with van der Waals surface area (Å²) in [7, 11) is 0. The number of nitrogens with one attached hydrogen (secondary N) is 1.